The van der Waals surface area contributed by atoms with E-state index in [2.05, 4.69) is 13.8 Å². The topological polar surface area (TPSA) is 54.0 Å². The Morgan fingerprint density at radius 3 is 1.77 bits per heavy atom. The van der Waals surface area contributed by atoms with E-state index in [0.29, 0.717) is 52.5 Å². The summed E-state index contributed by atoms with van der Waals surface area (Å²) >= 11 is 0. The number of ether oxygens (including phenoxy) is 4. The van der Waals surface area contributed by atoms with Crippen molar-refractivity contribution in [1.29, 1.82) is 0 Å². The number of hydrogen-bond acceptors (Lipinski definition) is 5. The van der Waals surface area contributed by atoms with Crippen LogP contribution in [0.25, 0.3) is 0 Å². The molecule has 0 aromatic carbocycles. The molecule has 132 valence electrons. The summed E-state index contributed by atoms with van der Waals surface area (Å²) in [5, 5.41) is 0. The molecule has 0 fully saturated rings. The molecule has 22 heavy (non-hydrogen) atoms. The van der Waals surface area contributed by atoms with E-state index >= 15 is 0 Å². The third-order valence-electron chi connectivity index (χ3n) is 3.07. The Morgan fingerprint density at radius 1 is 0.636 bits per heavy atom. The SMILES string of the molecule is CCCCCOCCOCCOCCCC(=O)OCCCC. The van der Waals surface area contributed by atoms with E-state index < -0.39 is 0 Å². The molecule has 0 saturated carbocycles. The van der Waals surface area contributed by atoms with Gasteiger partial charge in [0, 0.05) is 19.6 Å². The molecule has 0 heterocycles. The highest BCUT2D eigenvalue weighted by Crippen LogP contribution is 1.97. The Bertz CT molecular complexity index is 233. The number of rotatable bonds is 17. The summed E-state index contributed by atoms with van der Waals surface area (Å²) < 4.78 is 21.3. The van der Waals surface area contributed by atoms with E-state index in [9.17, 15) is 4.79 Å². The molecular weight excluding hydrogens is 284 g/mol. The molecule has 0 radical (unpaired) electrons. The van der Waals surface area contributed by atoms with Gasteiger partial charge in [0.05, 0.1) is 33.0 Å². The van der Waals surface area contributed by atoms with Crippen LogP contribution in [0.15, 0.2) is 0 Å². The van der Waals surface area contributed by atoms with Gasteiger partial charge in [-0.05, 0) is 19.3 Å². The van der Waals surface area contributed by atoms with Crippen LogP contribution in [-0.4, -0.2) is 52.2 Å². The Kier molecular flexibility index (Phi) is 17.9. The fourth-order valence-corrected chi connectivity index (χ4v) is 1.72. The predicted molar refractivity (Wildman–Crippen MR) is 87.1 cm³/mol. The van der Waals surface area contributed by atoms with Crippen molar-refractivity contribution in [2.75, 3.05) is 46.2 Å². The van der Waals surface area contributed by atoms with Gasteiger partial charge in [0.25, 0.3) is 0 Å². The lowest BCUT2D eigenvalue weighted by molar-refractivity contribution is -0.144. The molecule has 5 nitrogen and oxygen atoms in total. The number of carbonyl (C=O) groups excluding carboxylic acids is 1. The average Bonchev–Trinajstić information content (AvgIpc) is 2.52. The molecular formula is C17H34O5. The van der Waals surface area contributed by atoms with Crippen molar-refractivity contribution >= 4 is 5.97 Å². The molecule has 0 rings (SSSR count). The van der Waals surface area contributed by atoms with E-state index in [4.69, 9.17) is 18.9 Å². The quantitative estimate of drug-likeness (QED) is 0.304. The van der Waals surface area contributed by atoms with Crippen LogP contribution in [0.5, 0.6) is 0 Å². The summed E-state index contributed by atoms with van der Waals surface area (Å²) in [6.45, 7) is 8.56. The molecule has 0 bridgehead atoms. The van der Waals surface area contributed by atoms with Crippen LogP contribution in [-0.2, 0) is 23.7 Å². The minimum Gasteiger partial charge on any atom is -0.466 e. The summed E-state index contributed by atoms with van der Waals surface area (Å²) in [5.74, 6) is -0.131. The number of unbranched alkanes of at least 4 members (excludes halogenated alkanes) is 3. The number of esters is 1. The second-order valence-corrected chi connectivity index (χ2v) is 5.22. The second-order valence-electron chi connectivity index (χ2n) is 5.22. The van der Waals surface area contributed by atoms with E-state index in [0.717, 1.165) is 25.9 Å². The molecule has 0 aliphatic heterocycles. The van der Waals surface area contributed by atoms with Crippen molar-refractivity contribution in [1.82, 2.24) is 0 Å². The fourth-order valence-electron chi connectivity index (χ4n) is 1.72. The second kappa shape index (κ2) is 18.4. The van der Waals surface area contributed by atoms with Crippen LogP contribution < -0.4 is 0 Å². The Morgan fingerprint density at radius 2 is 1.18 bits per heavy atom. The maximum Gasteiger partial charge on any atom is 0.305 e. The molecule has 0 aliphatic rings. The zero-order valence-electron chi connectivity index (χ0n) is 14.4. The van der Waals surface area contributed by atoms with Crippen LogP contribution in [0.2, 0.25) is 0 Å². The highest BCUT2D eigenvalue weighted by Gasteiger charge is 2.01. The van der Waals surface area contributed by atoms with Gasteiger partial charge in [-0.15, -0.1) is 0 Å². The lowest BCUT2D eigenvalue weighted by Gasteiger charge is -2.07. The molecule has 0 amide bonds. The van der Waals surface area contributed by atoms with E-state index in [1.165, 1.54) is 12.8 Å². The van der Waals surface area contributed by atoms with E-state index in [-0.39, 0.29) is 5.97 Å². The van der Waals surface area contributed by atoms with Gasteiger partial charge >= 0.3 is 5.97 Å². The fraction of sp³-hybridized carbons (Fsp3) is 0.941. The molecule has 0 saturated heterocycles. The zero-order chi connectivity index (χ0) is 16.3. The van der Waals surface area contributed by atoms with Crippen molar-refractivity contribution in [3.8, 4) is 0 Å². The van der Waals surface area contributed by atoms with Crippen molar-refractivity contribution in [3.05, 3.63) is 0 Å². The normalized spacial score (nSPS) is 10.8. The molecule has 0 atom stereocenters. The summed E-state index contributed by atoms with van der Waals surface area (Å²) in [4.78, 5) is 11.3. The first-order valence-corrected chi connectivity index (χ1v) is 8.70. The van der Waals surface area contributed by atoms with Crippen LogP contribution in [0.4, 0.5) is 0 Å². The van der Waals surface area contributed by atoms with E-state index in [1.54, 1.807) is 0 Å². The van der Waals surface area contributed by atoms with Gasteiger partial charge in [0.2, 0.25) is 0 Å². The molecule has 0 aromatic rings. The van der Waals surface area contributed by atoms with Crippen molar-refractivity contribution in [3.63, 3.8) is 0 Å². The van der Waals surface area contributed by atoms with Crippen LogP contribution >= 0.6 is 0 Å². The Hall–Kier alpha value is -0.650. The molecule has 0 aromatic heterocycles. The van der Waals surface area contributed by atoms with Gasteiger partial charge in [-0.25, -0.2) is 0 Å². The van der Waals surface area contributed by atoms with Gasteiger partial charge in [-0.1, -0.05) is 33.1 Å². The summed E-state index contributed by atoms with van der Waals surface area (Å²) in [7, 11) is 0. The first-order valence-electron chi connectivity index (χ1n) is 8.70. The lowest BCUT2D eigenvalue weighted by atomic mass is 10.3. The highest BCUT2D eigenvalue weighted by atomic mass is 16.5. The van der Waals surface area contributed by atoms with Crippen molar-refractivity contribution in [2.45, 2.75) is 58.8 Å². The largest absolute Gasteiger partial charge is 0.466 e. The van der Waals surface area contributed by atoms with Crippen molar-refractivity contribution in [2.24, 2.45) is 0 Å². The van der Waals surface area contributed by atoms with Gasteiger partial charge in [0.15, 0.2) is 0 Å². The Balaban J connectivity index is 3.06. The van der Waals surface area contributed by atoms with Gasteiger partial charge in [-0.3, -0.25) is 4.79 Å². The van der Waals surface area contributed by atoms with Crippen molar-refractivity contribution < 1.29 is 23.7 Å². The molecule has 5 heteroatoms. The molecule has 0 aliphatic carbocycles. The lowest BCUT2D eigenvalue weighted by Crippen LogP contribution is -2.11. The van der Waals surface area contributed by atoms with Crippen LogP contribution in [0.3, 0.4) is 0 Å². The summed E-state index contributed by atoms with van der Waals surface area (Å²) in [5.41, 5.74) is 0. The zero-order valence-corrected chi connectivity index (χ0v) is 14.4. The first-order chi connectivity index (χ1) is 10.8. The Labute approximate surface area is 135 Å². The summed E-state index contributed by atoms with van der Waals surface area (Å²) in [6.07, 6.45) is 6.67. The average molecular weight is 318 g/mol. The first kappa shape index (κ1) is 21.4. The standard InChI is InChI=1S/C17H34O5/c1-3-5-7-10-19-13-15-21-16-14-20-11-8-9-17(18)22-12-6-4-2/h3-16H2,1-2H3. The van der Waals surface area contributed by atoms with Gasteiger partial charge < -0.3 is 18.9 Å². The van der Waals surface area contributed by atoms with Crippen LogP contribution in [0, 0.1) is 0 Å². The molecule has 0 N–H and O–H groups in total. The monoisotopic (exact) mass is 318 g/mol. The molecule has 0 unspecified atom stereocenters. The van der Waals surface area contributed by atoms with Crippen LogP contribution in [0.1, 0.15) is 58.8 Å². The van der Waals surface area contributed by atoms with E-state index in [1.807, 2.05) is 0 Å². The summed E-state index contributed by atoms with van der Waals surface area (Å²) in [6, 6.07) is 0. The number of hydrogen-bond donors (Lipinski definition) is 0. The third kappa shape index (κ3) is 17.4. The predicted octanol–water partition coefficient (Wildman–Crippen LogP) is 3.35. The maximum atomic E-state index is 11.3. The minimum atomic E-state index is -0.131. The smallest absolute Gasteiger partial charge is 0.305 e. The minimum absolute atomic E-state index is 0.131. The van der Waals surface area contributed by atoms with Gasteiger partial charge in [-0.2, -0.15) is 0 Å². The highest BCUT2D eigenvalue weighted by molar-refractivity contribution is 5.69. The molecule has 0 spiro atoms. The maximum absolute atomic E-state index is 11.3. The van der Waals surface area contributed by atoms with Gasteiger partial charge in [0.1, 0.15) is 0 Å². The third-order valence-corrected chi connectivity index (χ3v) is 3.07. The number of carbonyl (C=O) groups is 1.